The Balaban J connectivity index is 2.24. The second kappa shape index (κ2) is 4.97. The van der Waals surface area contributed by atoms with Crippen molar-refractivity contribution in [3.05, 3.63) is 58.9 Å². The highest BCUT2D eigenvalue weighted by molar-refractivity contribution is 6.33. The van der Waals surface area contributed by atoms with E-state index in [4.69, 9.17) is 11.6 Å². The first kappa shape index (κ1) is 11.6. The van der Waals surface area contributed by atoms with Crippen molar-refractivity contribution in [1.82, 2.24) is 0 Å². The first-order chi connectivity index (χ1) is 8.19. The molecule has 86 valence electrons. The number of carbonyl (C=O) groups excluding carboxylic acids is 1. The summed E-state index contributed by atoms with van der Waals surface area (Å²) in [6, 6.07) is 11.0. The molecule has 0 saturated carbocycles. The summed E-state index contributed by atoms with van der Waals surface area (Å²) in [6.07, 6.45) is 0.689. The Hall–Kier alpha value is -1.87. The van der Waals surface area contributed by atoms with Crippen LogP contribution in [0.4, 0.5) is 15.8 Å². The number of hydrogen-bond donors (Lipinski definition) is 1. The summed E-state index contributed by atoms with van der Waals surface area (Å²) in [7, 11) is 0. The molecule has 2 rings (SSSR count). The van der Waals surface area contributed by atoms with Gasteiger partial charge in [0.25, 0.3) is 0 Å². The lowest BCUT2D eigenvalue weighted by Crippen LogP contribution is -1.92. The summed E-state index contributed by atoms with van der Waals surface area (Å²) in [5.74, 6) is -0.314. The van der Waals surface area contributed by atoms with Gasteiger partial charge in [-0.2, -0.15) is 0 Å². The summed E-state index contributed by atoms with van der Waals surface area (Å²) in [5.41, 5.74) is 1.75. The van der Waals surface area contributed by atoms with Crippen LogP contribution in [0.1, 0.15) is 10.4 Å². The van der Waals surface area contributed by atoms with E-state index in [1.807, 2.05) is 0 Å². The van der Waals surface area contributed by atoms with Crippen LogP contribution in [0.25, 0.3) is 0 Å². The fourth-order valence-corrected chi connectivity index (χ4v) is 1.66. The zero-order chi connectivity index (χ0) is 12.3. The maximum Gasteiger partial charge on any atom is 0.151 e. The molecule has 1 N–H and O–H groups in total. The monoisotopic (exact) mass is 249 g/mol. The van der Waals surface area contributed by atoms with Gasteiger partial charge in [-0.05, 0) is 36.4 Å². The molecule has 0 aliphatic rings. The normalized spacial score (nSPS) is 10.0. The molecule has 0 amide bonds. The highest BCUT2D eigenvalue weighted by Gasteiger charge is 2.01. The predicted molar refractivity (Wildman–Crippen MR) is 66.5 cm³/mol. The standard InChI is InChI=1S/C13H9ClFNO/c14-13-7-12(5-4-9(13)8-17)16-11-3-1-2-10(15)6-11/h1-8,16H. The van der Waals surface area contributed by atoms with Crippen LogP contribution in [0.15, 0.2) is 42.5 Å². The lowest BCUT2D eigenvalue weighted by atomic mass is 10.2. The smallest absolute Gasteiger partial charge is 0.151 e. The average Bonchev–Trinajstić information content (AvgIpc) is 2.29. The molecule has 0 bridgehead atoms. The Morgan fingerprint density at radius 2 is 1.88 bits per heavy atom. The van der Waals surface area contributed by atoms with Gasteiger partial charge in [0, 0.05) is 16.9 Å². The molecule has 0 radical (unpaired) electrons. The second-order valence-electron chi connectivity index (χ2n) is 3.49. The summed E-state index contributed by atoms with van der Waals surface area (Å²) >= 11 is 5.88. The van der Waals surface area contributed by atoms with Gasteiger partial charge in [0.05, 0.1) is 5.02 Å². The summed E-state index contributed by atoms with van der Waals surface area (Å²) in [6.45, 7) is 0. The van der Waals surface area contributed by atoms with Crippen molar-refractivity contribution >= 4 is 29.3 Å². The number of anilines is 2. The topological polar surface area (TPSA) is 29.1 Å². The molecule has 17 heavy (non-hydrogen) atoms. The van der Waals surface area contributed by atoms with Crippen LogP contribution in [0.2, 0.25) is 5.02 Å². The van der Waals surface area contributed by atoms with E-state index in [1.54, 1.807) is 30.3 Å². The van der Waals surface area contributed by atoms with Crippen LogP contribution in [-0.2, 0) is 0 Å². The third-order valence-electron chi connectivity index (χ3n) is 2.24. The largest absolute Gasteiger partial charge is 0.355 e. The van der Waals surface area contributed by atoms with Crippen LogP contribution in [-0.4, -0.2) is 6.29 Å². The van der Waals surface area contributed by atoms with Gasteiger partial charge in [-0.15, -0.1) is 0 Å². The van der Waals surface area contributed by atoms with Gasteiger partial charge in [0.2, 0.25) is 0 Å². The number of rotatable bonds is 3. The Morgan fingerprint density at radius 3 is 2.53 bits per heavy atom. The first-order valence-electron chi connectivity index (χ1n) is 4.96. The number of hydrogen-bond acceptors (Lipinski definition) is 2. The van der Waals surface area contributed by atoms with Crippen molar-refractivity contribution in [2.24, 2.45) is 0 Å². The SMILES string of the molecule is O=Cc1ccc(Nc2cccc(F)c2)cc1Cl. The van der Waals surface area contributed by atoms with Crippen LogP contribution >= 0.6 is 11.6 Å². The zero-order valence-electron chi connectivity index (χ0n) is 8.78. The second-order valence-corrected chi connectivity index (χ2v) is 3.90. The Labute approximate surface area is 103 Å². The van der Waals surface area contributed by atoms with Crippen LogP contribution < -0.4 is 5.32 Å². The van der Waals surface area contributed by atoms with Gasteiger partial charge in [-0.1, -0.05) is 17.7 Å². The van der Waals surface area contributed by atoms with E-state index in [1.165, 1.54) is 12.1 Å². The summed E-state index contributed by atoms with van der Waals surface area (Å²) in [4.78, 5) is 10.6. The zero-order valence-corrected chi connectivity index (χ0v) is 9.54. The van der Waals surface area contributed by atoms with E-state index in [0.29, 0.717) is 28.2 Å². The summed E-state index contributed by atoms with van der Waals surface area (Å²) in [5, 5.41) is 3.36. The molecule has 0 aromatic heterocycles. The average molecular weight is 250 g/mol. The van der Waals surface area contributed by atoms with E-state index in [0.717, 1.165) is 0 Å². The van der Waals surface area contributed by atoms with Crippen LogP contribution in [0.5, 0.6) is 0 Å². The lowest BCUT2D eigenvalue weighted by Gasteiger charge is -2.07. The van der Waals surface area contributed by atoms with Gasteiger partial charge >= 0.3 is 0 Å². The predicted octanol–water partition coefficient (Wildman–Crippen LogP) is 4.04. The minimum atomic E-state index is -0.314. The van der Waals surface area contributed by atoms with Crippen molar-refractivity contribution in [3.8, 4) is 0 Å². The maximum absolute atomic E-state index is 13.0. The van der Waals surface area contributed by atoms with Crippen LogP contribution in [0, 0.1) is 5.82 Å². The minimum absolute atomic E-state index is 0.314. The summed E-state index contributed by atoms with van der Waals surface area (Å²) < 4.78 is 13.0. The molecule has 0 aliphatic carbocycles. The Bertz CT molecular complexity index is 557. The molecule has 0 fully saturated rings. The maximum atomic E-state index is 13.0. The molecular formula is C13H9ClFNO. The van der Waals surface area contributed by atoms with E-state index >= 15 is 0 Å². The highest BCUT2D eigenvalue weighted by atomic mass is 35.5. The molecule has 0 atom stereocenters. The number of benzene rings is 2. The molecule has 2 nitrogen and oxygen atoms in total. The van der Waals surface area contributed by atoms with Crippen molar-refractivity contribution in [2.45, 2.75) is 0 Å². The van der Waals surface area contributed by atoms with Crippen molar-refractivity contribution in [1.29, 1.82) is 0 Å². The molecular weight excluding hydrogens is 241 g/mol. The fourth-order valence-electron chi connectivity index (χ4n) is 1.43. The quantitative estimate of drug-likeness (QED) is 0.832. The van der Waals surface area contributed by atoms with Crippen LogP contribution in [0.3, 0.4) is 0 Å². The van der Waals surface area contributed by atoms with Gasteiger partial charge in [-0.25, -0.2) is 4.39 Å². The first-order valence-corrected chi connectivity index (χ1v) is 5.34. The van der Waals surface area contributed by atoms with Crippen molar-refractivity contribution in [3.63, 3.8) is 0 Å². The molecule has 2 aromatic rings. The minimum Gasteiger partial charge on any atom is -0.355 e. The van der Waals surface area contributed by atoms with E-state index in [2.05, 4.69) is 5.32 Å². The number of carbonyl (C=O) groups is 1. The molecule has 0 heterocycles. The van der Waals surface area contributed by atoms with Gasteiger partial charge in [-0.3, -0.25) is 4.79 Å². The third kappa shape index (κ3) is 2.82. The molecule has 0 aliphatic heterocycles. The van der Waals surface area contributed by atoms with Gasteiger partial charge in [0.15, 0.2) is 6.29 Å². The molecule has 4 heteroatoms. The van der Waals surface area contributed by atoms with Gasteiger partial charge < -0.3 is 5.32 Å². The molecule has 2 aromatic carbocycles. The van der Waals surface area contributed by atoms with E-state index in [9.17, 15) is 9.18 Å². The highest BCUT2D eigenvalue weighted by Crippen LogP contribution is 2.23. The number of halogens is 2. The van der Waals surface area contributed by atoms with Crippen molar-refractivity contribution < 1.29 is 9.18 Å². The third-order valence-corrected chi connectivity index (χ3v) is 2.57. The van der Waals surface area contributed by atoms with Crippen molar-refractivity contribution in [2.75, 3.05) is 5.32 Å². The number of nitrogens with one attached hydrogen (secondary N) is 1. The molecule has 0 spiro atoms. The molecule has 0 saturated heterocycles. The molecule has 0 unspecified atom stereocenters. The Morgan fingerprint density at radius 1 is 1.12 bits per heavy atom. The van der Waals surface area contributed by atoms with Gasteiger partial charge in [0.1, 0.15) is 5.82 Å². The fraction of sp³-hybridized carbons (Fsp3) is 0. The van der Waals surface area contributed by atoms with E-state index < -0.39 is 0 Å². The number of aldehydes is 1. The van der Waals surface area contributed by atoms with E-state index in [-0.39, 0.29) is 5.82 Å². The Kier molecular flexibility index (Phi) is 3.40. The lowest BCUT2D eigenvalue weighted by molar-refractivity contribution is 0.112.